The summed E-state index contributed by atoms with van der Waals surface area (Å²) < 4.78 is 9.96. The van der Waals surface area contributed by atoms with Crippen LogP contribution >= 0.6 is 0 Å². The van der Waals surface area contributed by atoms with E-state index in [9.17, 15) is 4.79 Å². The van der Waals surface area contributed by atoms with Gasteiger partial charge in [-0.1, -0.05) is 18.2 Å². The van der Waals surface area contributed by atoms with Crippen LogP contribution in [0, 0.1) is 0 Å². The number of rotatable bonds is 3. The number of nitrogens with zero attached hydrogens (tertiary/aromatic N) is 2. The molecule has 0 N–H and O–H groups in total. The van der Waals surface area contributed by atoms with Crippen molar-refractivity contribution in [3.8, 4) is 0 Å². The molecule has 1 atom stereocenters. The van der Waals surface area contributed by atoms with Crippen molar-refractivity contribution in [2.75, 3.05) is 0 Å². The van der Waals surface area contributed by atoms with Gasteiger partial charge in [-0.3, -0.25) is 0 Å². The second-order valence-corrected chi connectivity index (χ2v) is 3.23. The Kier molecular flexibility index (Phi) is 2.95. The first kappa shape index (κ1) is 10.4. The van der Waals surface area contributed by atoms with Gasteiger partial charge in [-0.15, -0.1) is 5.10 Å². The van der Waals surface area contributed by atoms with E-state index in [2.05, 4.69) is 10.4 Å². The summed E-state index contributed by atoms with van der Waals surface area (Å²) in [6, 6.07) is 8.76. The van der Waals surface area contributed by atoms with Gasteiger partial charge in [0.2, 0.25) is 0 Å². The molecule has 1 aromatic carbocycles. The van der Waals surface area contributed by atoms with Gasteiger partial charge in [0.25, 0.3) is 0 Å². The first-order chi connectivity index (χ1) is 7.77. The first-order valence-electron chi connectivity index (χ1n) is 4.80. The molecule has 0 saturated heterocycles. The monoisotopic (exact) mass is 218 g/mol. The number of esters is 1. The van der Waals surface area contributed by atoms with Crippen LogP contribution in [-0.4, -0.2) is 16.3 Å². The van der Waals surface area contributed by atoms with Crippen LogP contribution in [0.25, 0.3) is 0 Å². The van der Waals surface area contributed by atoms with Gasteiger partial charge in [0.05, 0.1) is 11.8 Å². The minimum Gasteiger partial charge on any atom is -0.451 e. The Labute approximate surface area is 92.0 Å². The van der Waals surface area contributed by atoms with Crippen LogP contribution in [-0.2, 0) is 4.74 Å². The van der Waals surface area contributed by atoms with Crippen molar-refractivity contribution in [2.24, 2.45) is 0 Å². The minimum absolute atomic E-state index is 0.399. The third-order valence-corrected chi connectivity index (χ3v) is 2.07. The van der Waals surface area contributed by atoms with Crippen LogP contribution < -0.4 is 0 Å². The van der Waals surface area contributed by atoms with E-state index < -0.39 is 12.1 Å². The molecular formula is C11H10N2O3. The Bertz CT molecular complexity index is 453. The second kappa shape index (κ2) is 4.57. The standard InChI is InChI=1S/C11H10N2O3/c1-8(10-7-12-13-16-10)15-11(14)9-5-3-2-4-6-9/h2-8H,1H3. The molecule has 0 amide bonds. The molecule has 2 rings (SSSR count). The SMILES string of the molecule is CC(OC(=O)c1ccccc1)c1cnno1. The fraction of sp³-hybridized carbons (Fsp3) is 0.182. The molecule has 0 radical (unpaired) electrons. The lowest BCUT2D eigenvalue weighted by molar-refractivity contribution is 0.0277. The maximum atomic E-state index is 11.6. The van der Waals surface area contributed by atoms with Crippen molar-refractivity contribution in [1.29, 1.82) is 0 Å². The molecule has 2 aromatic rings. The van der Waals surface area contributed by atoms with Gasteiger partial charge in [-0.25, -0.2) is 4.79 Å². The molecule has 1 heterocycles. The predicted molar refractivity (Wildman–Crippen MR) is 54.6 cm³/mol. The third kappa shape index (κ3) is 2.25. The van der Waals surface area contributed by atoms with Crippen LogP contribution in [0.3, 0.4) is 0 Å². The Morgan fingerprint density at radius 2 is 2.12 bits per heavy atom. The van der Waals surface area contributed by atoms with E-state index in [-0.39, 0.29) is 0 Å². The molecule has 1 aromatic heterocycles. The number of aromatic nitrogens is 2. The summed E-state index contributed by atoms with van der Waals surface area (Å²) in [5, 5.41) is 6.82. The van der Waals surface area contributed by atoms with Gasteiger partial charge in [0.15, 0.2) is 11.9 Å². The van der Waals surface area contributed by atoms with Gasteiger partial charge in [0, 0.05) is 5.27 Å². The van der Waals surface area contributed by atoms with Crippen LogP contribution in [0.5, 0.6) is 0 Å². The van der Waals surface area contributed by atoms with Crippen molar-refractivity contribution < 1.29 is 14.1 Å². The molecule has 82 valence electrons. The highest BCUT2D eigenvalue weighted by molar-refractivity contribution is 5.89. The molecule has 0 aliphatic rings. The van der Waals surface area contributed by atoms with Crippen LogP contribution in [0.2, 0.25) is 0 Å². The smallest absolute Gasteiger partial charge is 0.338 e. The highest BCUT2D eigenvalue weighted by atomic mass is 16.6. The fourth-order valence-electron chi connectivity index (χ4n) is 1.21. The van der Waals surface area contributed by atoms with Crippen LogP contribution in [0.4, 0.5) is 0 Å². The van der Waals surface area contributed by atoms with E-state index in [4.69, 9.17) is 9.26 Å². The van der Waals surface area contributed by atoms with Gasteiger partial charge >= 0.3 is 5.97 Å². The summed E-state index contributed by atoms with van der Waals surface area (Å²) in [4.78, 5) is 11.6. The molecule has 1 unspecified atom stereocenters. The maximum absolute atomic E-state index is 11.6. The van der Waals surface area contributed by atoms with Gasteiger partial charge in [-0.05, 0) is 19.1 Å². The lowest BCUT2D eigenvalue weighted by atomic mass is 10.2. The Morgan fingerprint density at radius 1 is 1.38 bits per heavy atom. The van der Waals surface area contributed by atoms with Crippen molar-refractivity contribution in [3.63, 3.8) is 0 Å². The molecule has 5 nitrogen and oxygen atoms in total. The Balaban J connectivity index is 2.03. The summed E-state index contributed by atoms with van der Waals surface area (Å²) in [5.74, 6) is 0.0220. The summed E-state index contributed by atoms with van der Waals surface area (Å²) in [5.41, 5.74) is 0.502. The van der Waals surface area contributed by atoms with E-state index in [1.165, 1.54) is 6.20 Å². The van der Waals surface area contributed by atoms with Gasteiger partial charge in [-0.2, -0.15) is 0 Å². The van der Waals surface area contributed by atoms with E-state index in [1.54, 1.807) is 31.2 Å². The molecule has 0 aliphatic carbocycles. The normalized spacial score (nSPS) is 12.1. The highest BCUT2D eigenvalue weighted by Gasteiger charge is 2.16. The number of carbonyl (C=O) groups is 1. The van der Waals surface area contributed by atoms with Gasteiger partial charge < -0.3 is 9.26 Å². The zero-order chi connectivity index (χ0) is 11.4. The number of hydrogen-bond acceptors (Lipinski definition) is 5. The Morgan fingerprint density at radius 3 is 2.75 bits per heavy atom. The number of ether oxygens (including phenoxy) is 1. The molecule has 0 spiro atoms. The number of carbonyl (C=O) groups excluding carboxylic acids is 1. The predicted octanol–water partition coefficient (Wildman–Crippen LogP) is 1.99. The van der Waals surface area contributed by atoms with E-state index in [0.717, 1.165) is 0 Å². The molecule has 5 heteroatoms. The molecule has 0 fully saturated rings. The molecule has 0 saturated carbocycles. The number of hydrogen-bond donors (Lipinski definition) is 0. The van der Waals surface area contributed by atoms with Crippen molar-refractivity contribution >= 4 is 5.97 Å². The van der Waals surface area contributed by atoms with E-state index >= 15 is 0 Å². The maximum Gasteiger partial charge on any atom is 0.338 e. The zero-order valence-electron chi connectivity index (χ0n) is 8.66. The molecule has 0 bridgehead atoms. The zero-order valence-corrected chi connectivity index (χ0v) is 8.66. The average molecular weight is 218 g/mol. The first-order valence-corrected chi connectivity index (χ1v) is 4.80. The van der Waals surface area contributed by atoms with E-state index in [1.807, 2.05) is 6.07 Å². The van der Waals surface area contributed by atoms with Crippen molar-refractivity contribution in [3.05, 3.63) is 47.9 Å². The summed E-state index contributed by atoms with van der Waals surface area (Å²) in [6.45, 7) is 1.70. The van der Waals surface area contributed by atoms with Crippen molar-refractivity contribution in [1.82, 2.24) is 10.4 Å². The Hall–Kier alpha value is -2.17. The average Bonchev–Trinajstić information content (AvgIpc) is 2.83. The minimum atomic E-state index is -0.497. The van der Waals surface area contributed by atoms with Gasteiger partial charge in [0.1, 0.15) is 0 Å². The fourth-order valence-corrected chi connectivity index (χ4v) is 1.21. The lowest BCUT2D eigenvalue weighted by Gasteiger charge is -2.09. The summed E-state index contributed by atoms with van der Waals surface area (Å²) in [7, 11) is 0. The molecular weight excluding hydrogens is 208 g/mol. The molecule has 16 heavy (non-hydrogen) atoms. The quantitative estimate of drug-likeness (QED) is 0.737. The number of benzene rings is 1. The summed E-state index contributed by atoms with van der Waals surface area (Å²) >= 11 is 0. The van der Waals surface area contributed by atoms with E-state index in [0.29, 0.717) is 11.3 Å². The van der Waals surface area contributed by atoms with Crippen LogP contribution in [0.1, 0.15) is 29.1 Å². The summed E-state index contributed by atoms with van der Waals surface area (Å²) in [6.07, 6.45) is 0.922. The lowest BCUT2D eigenvalue weighted by Crippen LogP contribution is -2.08. The highest BCUT2D eigenvalue weighted by Crippen LogP contribution is 2.16. The largest absolute Gasteiger partial charge is 0.451 e. The third-order valence-electron chi connectivity index (χ3n) is 2.07. The second-order valence-electron chi connectivity index (χ2n) is 3.23. The van der Waals surface area contributed by atoms with Crippen LogP contribution in [0.15, 0.2) is 41.1 Å². The molecule has 0 aliphatic heterocycles. The topological polar surface area (TPSA) is 65.2 Å². The van der Waals surface area contributed by atoms with Crippen molar-refractivity contribution in [2.45, 2.75) is 13.0 Å².